The Morgan fingerprint density at radius 2 is 1.83 bits per heavy atom. The average molecular weight is 308 g/mol. The molecule has 1 heterocycles. The van der Waals surface area contributed by atoms with Crippen molar-refractivity contribution in [1.82, 2.24) is 0 Å². The number of carbonyl (C=O) groups is 2. The number of hydrogen-bond acceptors (Lipinski definition) is 3. The molecule has 3 rings (SSSR count). The van der Waals surface area contributed by atoms with Gasteiger partial charge >= 0.3 is 0 Å². The largest absolute Gasteiger partial charge is 0.374 e. The molecule has 0 bridgehead atoms. The van der Waals surface area contributed by atoms with Crippen LogP contribution >= 0.6 is 0 Å². The first kappa shape index (κ1) is 15.3. The second-order valence-corrected chi connectivity index (χ2v) is 6.05. The predicted octanol–water partition coefficient (Wildman–Crippen LogP) is 3.45. The lowest BCUT2D eigenvalue weighted by Crippen LogP contribution is -2.42. The van der Waals surface area contributed by atoms with Crippen molar-refractivity contribution < 1.29 is 9.59 Å². The first-order valence-electron chi connectivity index (χ1n) is 7.82. The van der Waals surface area contributed by atoms with Gasteiger partial charge in [-0.3, -0.25) is 9.59 Å². The fourth-order valence-electron chi connectivity index (χ4n) is 2.72. The van der Waals surface area contributed by atoms with E-state index < -0.39 is 0 Å². The van der Waals surface area contributed by atoms with Gasteiger partial charge in [-0.2, -0.15) is 0 Å². The van der Waals surface area contributed by atoms with Gasteiger partial charge in [0.15, 0.2) is 5.78 Å². The Morgan fingerprint density at radius 3 is 2.52 bits per heavy atom. The number of benzene rings is 2. The molecule has 2 aromatic carbocycles. The molecule has 0 saturated carbocycles. The minimum atomic E-state index is -0.0872. The van der Waals surface area contributed by atoms with E-state index in [1.807, 2.05) is 48.5 Å². The summed E-state index contributed by atoms with van der Waals surface area (Å²) in [6, 6.07) is 15.2. The molecule has 118 valence electrons. The second kappa shape index (κ2) is 6.24. The van der Waals surface area contributed by atoms with Gasteiger partial charge in [-0.05, 0) is 23.6 Å². The van der Waals surface area contributed by atoms with Crippen molar-refractivity contribution in [3.05, 3.63) is 59.7 Å². The molecule has 0 aromatic heterocycles. The summed E-state index contributed by atoms with van der Waals surface area (Å²) in [5.74, 6) is 0.294. The lowest BCUT2D eigenvalue weighted by molar-refractivity contribution is -0.117. The van der Waals surface area contributed by atoms with Crippen LogP contribution in [0.3, 0.4) is 0 Å². The maximum atomic E-state index is 12.5. The molecule has 2 aromatic rings. The van der Waals surface area contributed by atoms with Gasteiger partial charge < -0.3 is 10.2 Å². The number of fused-ring (bicyclic) bond motifs is 1. The minimum Gasteiger partial charge on any atom is -0.374 e. The van der Waals surface area contributed by atoms with Crippen LogP contribution in [0.1, 0.15) is 35.7 Å². The number of para-hydroxylation sites is 2. The number of hydrogen-bond donors (Lipinski definition) is 1. The van der Waals surface area contributed by atoms with Gasteiger partial charge in [0.1, 0.15) is 0 Å². The molecule has 0 unspecified atom stereocenters. The number of rotatable bonds is 4. The highest BCUT2D eigenvalue weighted by atomic mass is 16.2. The van der Waals surface area contributed by atoms with E-state index in [1.54, 1.807) is 4.90 Å². The van der Waals surface area contributed by atoms with Gasteiger partial charge in [0.05, 0.1) is 24.5 Å². The monoisotopic (exact) mass is 308 g/mol. The molecule has 1 aliphatic rings. The van der Waals surface area contributed by atoms with Crippen LogP contribution in [0, 0.1) is 0 Å². The highest BCUT2D eigenvalue weighted by Crippen LogP contribution is 2.29. The molecule has 1 aliphatic heterocycles. The third-order valence-electron chi connectivity index (χ3n) is 4.13. The zero-order chi connectivity index (χ0) is 16.4. The summed E-state index contributed by atoms with van der Waals surface area (Å²) < 4.78 is 0. The Balaban J connectivity index is 1.81. The molecule has 4 nitrogen and oxygen atoms in total. The van der Waals surface area contributed by atoms with Crippen molar-refractivity contribution in [3.63, 3.8) is 0 Å². The van der Waals surface area contributed by atoms with Crippen molar-refractivity contribution in [3.8, 4) is 0 Å². The molecule has 1 N–H and O–H groups in total. The molecule has 0 atom stereocenters. The third kappa shape index (κ3) is 3.11. The lowest BCUT2D eigenvalue weighted by Gasteiger charge is -2.29. The van der Waals surface area contributed by atoms with E-state index >= 15 is 0 Å². The molecule has 4 heteroatoms. The molecule has 23 heavy (non-hydrogen) atoms. The number of nitrogens with zero attached hydrogens (tertiary/aromatic N) is 1. The first-order chi connectivity index (χ1) is 11.1. The molecule has 0 radical (unpaired) electrons. The summed E-state index contributed by atoms with van der Waals surface area (Å²) in [6.07, 6.45) is 0. The van der Waals surface area contributed by atoms with Crippen molar-refractivity contribution >= 4 is 23.1 Å². The number of Topliss-reactive ketones (excluding diaryl/α,β-unsaturated/α-hetero) is 1. The van der Waals surface area contributed by atoms with Crippen molar-refractivity contribution in [1.29, 1.82) is 0 Å². The summed E-state index contributed by atoms with van der Waals surface area (Å²) in [6.45, 7) is 4.52. The molecule has 0 saturated heterocycles. The maximum absolute atomic E-state index is 12.5. The molecule has 0 fully saturated rings. The number of amides is 1. The zero-order valence-electron chi connectivity index (χ0n) is 13.4. The highest BCUT2D eigenvalue weighted by molar-refractivity contribution is 6.09. The highest BCUT2D eigenvalue weighted by Gasteiger charge is 2.25. The predicted molar refractivity (Wildman–Crippen MR) is 92.1 cm³/mol. The van der Waals surface area contributed by atoms with E-state index in [1.165, 1.54) is 5.56 Å². The van der Waals surface area contributed by atoms with Crippen LogP contribution in [-0.4, -0.2) is 24.8 Å². The molecule has 1 amide bonds. The smallest absolute Gasteiger partial charge is 0.246 e. The number of carbonyl (C=O) groups excluding carboxylic acids is 2. The quantitative estimate of drug-likeness (QED) is 0.880. The van der Waals surface area contributed by atoms with Crippen LogP contribution in [0.2, 0.25) is 0 Å². The van der Waals surface area contributed by atoms with E-state index in [4.69, 9.17) is 0 Å². The Hall–Kier alpha value is -2.62. The molecule has 0 aliphatic carbocycles. The van der Waals surface area contributed by atoms with Gasteiger partial charge in [-0.15, -0.1) is 0 Å². The van der Waals surface area contributed by atoms with Gasteiger partial charge in [-0.25, -0.2) is 0 Å². The van der Waals surface area contributed by atoms with Crippen LogP contribution in [0.5, 0.6) is 0 Å². The van der Waals surface area contributed by atoms with E-state index in [9.17, 15) is 9.59 Å². The zero-order valence-corrected chi connectivity index (χ0v) is 13.4. The SMILES string of the molecule is CC(C)c1ccc(C(=O)CN2C(=O)CNc3ccccc32)cc1. The fourth-order valence-corrected chi connectivity index (χ4v) is 2.72. The van der Waals surface area contributed by atoms with Gasteiger partial charge in [0.2, 0.25) is 5.91 Å². The van der Waals surface area contributed by atoms with E-state index in [0.717, 1.165) is 11.4 Å². The van der Waals surface area contributed by atoms with Crippen molar-refractivity contribution in [2.45, 2.75) is 19.8 Å². The second-order valence-electron chi connectivity index (χ2n) is 6.05. The van der Waals surface area contributed by atoms with E-state index in [2.05, 4.69) is 19.2 Å². The third-order valence-corrected chi connectivity index (χ3v) is 4.13. The number of anilines is 2. The molecular weight excluding hydrogens is 288 g/mol. The summed E-state index contributed by atoms with van der Waals surface area (Å²) in [5.41, 5.74) is 3.48. The number of nitrogens with one attached hydrogen (secondary N) is 1. The van der Waals surface area contributed by atoms with Crippen LogP contribution in [-0.2, 0) is 4.79 Å². The first-order valence-corrected chi connectivity index (χ1v) is 7.82. The van der Waals surface area contributed by atoms with Crippen molar-refractivity contribution in [2.75, 3.05) is 23.3 Å². The van der Waals surface area contributed by atoms with Crippen LogP contribution in [0.25, 0.3) is 0 Å². The summed E-state index contributed by atoms with van der Waals surface area (Å²) in [4.78, 5) is 26.3. The van der Waals surface area contributed by atoms with E-state index in [0.29, 0.717) is 11.5 Å². The topological polar surface area (TPSA) is 49.4 Å². The Kier molecular flexibility index (Phi) is 4.15. The average Bonchev–Trinajstić information content (AvgIpc) is 2.57. The minimum absolute atomic E-state index is 0.0506. The number of ketones is 1. The van der Waals surface area contributed by atoms with Gasteiger partial charge in [0.25, 0.3) is 0 Å². The molecular formula is C19H20N2O2. The summed E-state index contributed by atoms with van der Waals surface area (Å²) >= 11 is 0. The van der Waals surface area contributed by atoms with Crippen LogP contribution in [0.15, 0.2) is 48.5 Å². The lowest BCUT2D eigenvalue weighted by atomic mass is 10.0. The van der Waals surface area contributed by atoms with Crippen LogP contribution in [0.4, 0.5) is 11.4 Å². The maximum Gasteiger partial charge on any atom is 0.246 e. The summed E-state index contributed by atoms with van der Waals surface area (Å²) in [5, 5.41) is 3.07. The van der Waals surface area contributed by atoms with Crippen molar-refractivity contribution in [2.24, 2.45) is 0 Å². The normalized spacial score (nSPS) is 13.7. The van der Waals surface area contributed by atoms with Gasteiger partial charge in [-0.1, -0.05) is 50.2 Å². The van der Waals surface area contributed by atoms with E-state index in [-0.39, 0.29) is 24.8 Å². The molecule has 0 spiro atoms. The Morgan fingerprint density at radius 1 is 1.13 bits per heavy atom. The van der Waals surface area contributed by atoms with Gasteiger partial charge in [0, 0.05) is 5.56 Å². The fraction of sp³-hybridized carbons (Fsp3) is 0.263. The standard InChI is InChI=1S/C19H20N2O2/c1-13(2)14-7-9-15(10-8-14)18(22)12-21-17-6-4-3-5-16(17)20-11-19(21)23/h3-10,13,20H,11-12H2,1-2H3. The Labute approximate surface area is 136 Å². The summed E-state index contributed by atoms with van der Waals surface area (Å²) in [7, 11) is 0. The Bertz CT molecular complexity index is 735. The van der Waals surface area contributed by atoms with Crippen LogP contribution < -0.4 is 10.2 Å².